The van der Waals surface area contributed by atoms with Gasteiger partial charge in [-0.25, -0.2) is 5.43 Å². The number of aromatic nitrogens is 1. The van der Waals surface area contributed by atoms with E-state index in [0.29, 0.717) is 30.4 Å². The SMILES string of the molecule is CCOc1ccc(/C=N/NC(=O)c2cc3ccccc3[nH]2)cc1OCC. The molecule has 0 saturated heterocycles. The number of nitrogens with zero attached hydrogens (tertiary/aromatic N) is 1. The molecule has 134 valence electrons. The molecule has 0 aliphatic rings. The molecule has 6 nitrogen and oxygen atoms in total. The largest absolute Gasteiger partial charge is 0.490 e. The number of fused-ring (bicyclic) bond motifs is 1. The van der Waals surface area contributed by atoms with Crippen LogP contribution in [0.15, 0.2) is 53.6 Å². The van der Waals surface area contributed by atoms with E-state index in [2.05, 4.69) is 15.5 Å². The molecule has 0 unspecified atom stereocenters. The minimum absolute atomic E-state index is 0.298. The maximum absolute atomic E-state index is 12.2. The quantitative estimate of drug-likeness (QED) is 0.503. The molecule has 0 aliphatic heterocycles. The molecule has 0 atom stereocenters. The number of hydrogen-bond donors (Lipinski definition) is 2. The van der Waals surface area contributed by atoms with Crippen LogP contribution in [-0.4, -0.2) is 30.3 Å². The zero-order chi connectivity index (χ0) is 18.4. The standard InChI is InChI=1S/C20H21N3O3/c1-3-25-18-10-9-14(11-19(18)26-4-2)13-21-23-20(24)17-12-15-7-5-6-8-16(15)22-17/h5-13,22H,3-4H2,1-2H3,(H,23,24)/b21-13+. The predicted molar refractivity (Wildman–Crippen MR) is 102 cm³/mol. The summed E-state index contributed by atoms with van der Waals surface area (Å²) in [6.45, 7) is 4.94. The van der Waals surface area contributed by atoms with Gasteiger partial charge >= 0.3 is 0 Å². The third kappa shape index (κ3) is 4.03. The van der Waals surface area contributed by atoms with E-state index < -0.39 is 0 Å². The smallest absolute Gasteiger partial charge is 0.287 e. The second-order valence-corrected chi connectivity index (χ2v) is 5.54. The Labute approximate surface area is 151 Å². The van der Waals surface area contributed by atoms with Crippen LogP contribution in [0.3, 0.4) is 0 Å². The fourth-order valence-electron chi connectivity index (χ4n) is 2.57. The van der Waals surface area contributed by atoms with Crippen molar-refractivity contribution in [2.24, 2.45) is 5.10 Å². The van der Waals surface area contributed by atoms with E-state index in [9.17, 15) is 4.79 Å². The molecule has 3 aromatic rings. The average Bonchev–Trinajstić information content (AvgIpc) is 3.08. The molecule has 2 N–H and O–H groups in total. The zero-order valence-electron chi connectivity index (χ0n) is 14.8. The molecule has 0 fully saturated rings. The lowest BCUT2D eigenvalue weighted by Crippen LogP contribution is -2.17. The maximum atomic E-state index is 12.2. The molecule has 1 amide bonds. The van der Waals surface area contributed by atoms with E-state index in [1.165, 1.54) is 0 Å². The Kier molecular flexibility index (Phi) is 5.53. The number of carbonyl (C=O) groups is 1. The van der Waals surface area contributed by atoms with Crippen molar-refractivity contribution in [3.05, 3.63) is 59.8 Å². The summed E-state index contributed by atoms with van der Waals surface area (Å²) in [5.74, 6) is 1.04. The van der Waals surface area contributed by atoms with Gasteiger partial charge in [0.15, 0.2) is 11.5 Å². The first-order valence-electron chi connectivity index (χ1n) is 8.52. The maximum Gasteiger partial charge on any atom is 0.287 e. The van der Waals surface area contributed by atoms with Crippen molar-refractivity contribution < 1.29 is 14.3 Å². The van der Waals surface area contributed by atoms with Gasteiger partial charge in [0.1, 0.15) is 5.69 Å². The lowest BCUT2D eigenvalue weighted by atomic mass is 10.2. The minimum Gasteiger partial charge on any atom is -0.490 e. The van der Waals surface area contributed by atoms with Crippen LogP contribution in [-0.2, 0) is 0 Å². The molecule has 0 spiro atoms. The van der Waals surface area contributed by atoms with Crippen LogP contribution in [0, 0.1) is 0 Å². The Bertz CT molecular complexity index is 898. The molecule has 6 heteroatoms. The van der Waals surface area contributed by atoms with Gasteiger partial charge in [-0.1, -0.05) is 18.2 Å². The number of hydrogen-bond acceptors (Lipinski definition) is 4. The third-order valence-corrected chi connectivity index (χ3v) is 3.72. The lowest BCUT2D eigenvalue weighted by Gasteiger charge is -2.11. The highest BCUT2D eigenvalue weighted by molar-refractivity contribution is 5.98. The molecule has 0 radical (unpaired) electrons. The number of para-hydroxylation sites is 1. The summed E-state index contributed by atoms with van der Waals surface area (Å²) in [4.78, 5) is 15.3. The summed E-state index contributed by atoms with van der Waals surface area (Å²) in [7, 11) is 0. The summed E-state index contributed by atoms with van der Waals surface area (Å²) in [6.07, 6.45) is 1.57. The van der Waals surface area contributed by atoms with E-state index in [0.717, 1.165) is 16.5 Å². The summed E-state index contributed by atoms with van der Waals surface area (Å²) < 4.78 is 11.1. The fourth-order valence-corrected chi connectivity index (χ4v) is 2.57. The average molecular weight is 351 g/mol. The van der Waals surface area contributed by atoms with Crippen LogP contribution < -0.4 is 14.9 Å². The van der Waals surface area contributed by atoms with Crippen molar-refractivity contribution in [2.45, 2.75) is 13.8 Å². The number of carbonyl (C=O) groups excluding carboxylic acids is 1. The van der Waals surface area contributed by atoms with Gasteiger partial charge in [-0.05, 0) is 49.7 Å². The summed E-state index contributed by atoms with van der Waals surface area (Å²) >= 11 is 0. The molecule has 0 bridgehead atoms. The summed E-state index contributed by atoms with van der Waals surface area (Å²) in [5, 5.41) is 5.01. The number of H-pyrrole nitrogens is 1. The zero-order valence-corrected chi connectivity index (χ0v) is 14.8. The summed E-state index contributed by atoms with van der Waals surface area (Å²) in [5.41, 5.74) is 4.70. The highest BCUT2D eigenvalue weighted by Gasteiger charge is 2.08. The van der Waals surface area contributed by atoms with Crippen molar-refractivity contribution >= 4 is 23.0 Å². The number of aromatic amines is 1. The molecular weight excluding hydrogens is 330 g/mol. The number of ether oxygens (including phenoxy) is 2. The number of benzene rings is 2. The Balaban J connectivity index is 1.69. The topological polar surface area (TPSA) is 75.7 Å². The normalized spacial score (nSPS) is 11.0. The van der Waals surface area contributed by atoms with E-state index in [-0.39, 0.29) is 5.91 Å². The molecule has 26 heavy (non-hydrogen) atoms. The van der Waals surface area contributed by atoms with E-state index in [1.54, 1.807) is 12.3 Å². The highest BCUT2D eigenvalue weighted by Crippen LogP contribution is 2.28. The second kappa shape index (κ2) is 8.20. The Morgan fingerprint density at radius 2 is 1.85 bits per heavy atom. The first-order chi connectivity index (χ1) is 12.7. The highest BCUT2D eigenvalue weighted by atomic mass is 16.5. The molecule has 2 aromatic carbocycles. The van der Waals surface area contributed by atoms with Gasteiger partial charge in [-0.15, -0.1) is 0 Å². The number of amides is 1. The third-order valence-electron chi connectivity index (χ3n) is 3.72. The monoisotopic (exact) mass is 351 g/mol. The lowest BCUT2D eigenvalue weighted by molar-refractivity contribution is 0.0951. The number of rotatable bonds is 7. The molecule has 3 rings (SSSR count). The molecular formula is C20H21N3O3. The van der Waals surface area contributed by atoms with Crippen LogP contribution in [0.25, 0.3) is 10.9 Å². The minimum atomic E-state index is -0.298. The van der Waals surface area contributed by atoms with Gasteiger partial charge in [-0.3, -0.25) is 4.79 Å². The van der Waals surface area contributed by atoms with Crippen LogP contribution in [0.1, 0.15) is 29.9 Å². The van der Waals surface area contributed by atoms with Crippen LogP contribution in [0.4, 0.5) is 0 Å². The second-order valence-electron chi connectivity index (χ2n) is 5.54. The first kappa shape index (κ1) is 17.5. The van der Waals surface area contributed by atoms with Crippen LogP contribution in [0.2, 0.25) is 0 Å². The number of hydrazone groups is 1. The molecule has 1 aromatic heterocycles. The van der Waals surface area contributed by atoms with Crippen molar-refractivity contribution in [1.82, 2.24) is 10.4 Å². The van der Waals surface area contributed by atoms with Crippen molar-refractivity contribution in [3.63, 3.8) is 0 Å². The van der Waals surface area contributed by atoms with Gasteiger partial charge in [-0.2, -0.15) is 5.10 Å². The Hall–Kier alpha value is -3.28. The van der Waals surface area contributed by atoms with Gasteiger partial charge in [0.25, 0.3) is 5.91 Å². The first-order valence-corrected chi connectivity index (χ1v) is 8.52. The van der Waals surface area contributed by atoms with Crippen LogP contribution >= 0.6 is 0 Å². The van der Waals surface area contributed by atoms with Crippen molar-refractivity contribution in [2.75, 3.05) is 13.2 Å². The fraction of sp³-hybridized carbons (Fsp3) is 0.200. The van der Waals surface area contributed by atoms with Gasteiger partial charge in [0.05, 0.1) is 19.4 Å². The summed E-state index contributed by atoms with van der Waals surface area (Å²) in [6, 6.07) is 15.0. The van der Waals surface area contributed by atoms with Gasteiger partial charge in [0.2, 0.25) is 0 Å². The van der Waals surface area contributed by atoms with E-state index in [4.69, 9.17) is 9.47 Å². The number of nitrogens with one attached hydrogen (secondary N) is 2. The van der Waals surface area contributed by atoms with E-state index in [1.807, 2.05) is 56.3 Å². The Morgan fingerprint density at radius 1 is 1.08 bits per heavy atom. The van der Waals surface area contributed by atoms with Gasteiger partial charge < -0.3 is 14.5 Å². The van der Waals surface area contributed by atoms with Crippen LogP contribution in [0.5, 0.6) is 11.5 Å². The predicted octanol–water partition coefficient (Wildman–Crippen LogP) is 3.73. The Morgan fingerprint density at radius 3 is 2.62 bits per heavy atom. The molecule has 0 saturated carbocycles. The molecule has 0 aliphatic carbocycles. The van der Waals surface area contributed by atoms with Crippen molar-refractivity contribution in [3.8, 4) is 11.5 Å². The molecule has 1 heterocycles. The van der Waals surface area contributed by atoms with Gasteiger partial charge in [0, 0.05) is 10.9 Å². The van der Waals surface area contributed by atoms with E-state index >= 15 is 0 Å². The van der Waals surface area contributed by atoms with Crippen molar-refractivity contribution in [1.29, 1.82) is 0 Å².